The number of hydrogen-bond donors (Lipinski definition) is 1. The molecular formula is C17H19FN2O. The molecule has 0 spiro atoms. The fraction of sp³-hybridized carbons (Fsp3) is 0.235. The van der Waals surface area contributed by atoms with Crippen LogP contribution in [0, 0.1) is 5.82 Å². The summed E-state index contributed by atoms with van der Waals surface area (Å²) in [5.41, 5.74) is 8.13. The Morgan fingerprint density at radius 2 is 1.71 bits per heavy atom. The van der Waals surface area contributed by atoms with Crippen molar-refractivity contribution in [3.8, 4) is 0 Å². The molecule has 0 radical (unpaired) electrons. The molecule has 21 heavy (non-hydrogen) atoms. The molecule has 2 rings (SSSR count). The molecule has 0 aliphatic rings. The van der Waals surface area contributed by atoms with Gasteiger partial charge in [0.25, 0.3) is 0 Å². The van der Waals surface area contributed by atoms with Crippen LogP contribution in [0.4, 0.5) is 15.8 Å². The standard InChI is InChI=1S/C17H19FN2O/c1-12(13-3-7-15(19)8-4-13)11-17(21)20(2)16-9-5-14(18)6-10-16/h3-10,12H,11,19H2,1-2H3. The lowest BCUT2D eigenvalue weighted by atomic mass is 9.97. The first-order chi connectivity index (χ1) is 9.97. The first-order valence-electron chi connectivity index (χ1n) is 6.85. The van der Waals surface area contributed by atoms with E-state index in [9.17, 15) is 9.18 Å². The monoisotopic (exact) mass is 286 g/mol. The van der Waals surface area contributed by atoms with Crippen LogP contribution in [0.15, 0.2) is 48.5 Å². The molecule has 3 nitrogen and oxygen atoms in total. The fourth-order valence-electron chi connectivity index (χ4n) is 2.15. The Hall–Kier alpha value is -2.36. The number of carbonyl (C=O) groups is 1. The summed E-state index contributed by atoms with van der Waals surface area (Å²) in [7, 11) is 1.70. The van der Waals surface area contributed by atoms with Crippen LogP contribution < -0.4 is 10.6 Å². The molecule has 0 aliphatic heterocycles. The Labute approximate surface area is 124 Å². The van der Waals surface area contributed by atoms with Gasteiger partial charge >= 0.3 is 0 Å². The zero-order chi connectivity index (χ0) is 15.4. The lowest BCUT2D eigenvalue weighted by Gasteiger charge is -2.20. The van der Waals surface area contributed by atoms with E-state index in [1.807, 2.05) is 31.2 Å². The number of nitrogens with zero attached hydrogens (tertiary/aromatic N) is 1. The number of carbonyl (C=O) groups excluding carboxylic acids is 1. The molecule has 4 heteroatoms. The summed E-state index contributed by atoms with van der Waals surface area (Å²) in [4.78, 5) is 13.8. The summed E-state index contributed by atoms with van der Waals surface area (Å²) < 4.78 is 12.9. The van der Waals surface area contributed by atoms with Crippen molar-refractivity contribution in [3.05, 3.63) is 59.9 Å². The van der Waals surface area contributed by atoms with Crippen molar-refractivity contribution < 1.29 is 9.18 Å². The maximum Gasteiger partial charge on any atom is 0.227 e. The first kappa shape index (κ1) is 15.0. The Morgan fingerprint density at radius 3 is 2.29 bits per heavy atom. The molecule has 110 valence electrons. The molecule has 2 aromatic rings. The van der Waals surface area contributed by atoms with Crippen LogP contribution in [0.1, 0.15) is 24.8 Å². The lowest BCUT2D eigenvalue weighted by Crippen LogP contribution is -2.27. The number of amides is 1. The predicted octanol–water partition coefficient (Wildman–Crippen LogP) is 3.56. The SMILES string of the molecule is CC(CC(=O)N(C)c1ccc(F)cc1)c1ccc(N)cc1. The van der Waals surface area contributed by atoms with Crippen molar-refractivity contribution >= 4 is 17.3 Å². The van der Waals surface area contributed by atoms with Crippen molar-refractivity contribution in [2.24, 2.45) is 0 Å². The van der Waals surface area contributed by atoms with Gasteiger partial charge in [0.05, 0.1) is 0 Å². The van der Waals surface area contributed by atoms with Gasteiger partial charge < -0.3 is 10.6 Å². The molecule has 1 amide bonds. The topological polar surface area (TPSA) is 46.3 Å². The van der Waals surface area contributed by atoms with Crippen LogP contribution in [-0.4, -0.2) is 13.0 Å². The minimum absolute atomic E-state index is 0.00840. The molecule has 0 aliphatic carbocycles. The van der Waals surface area contributed by atoms with E-state index >= 15 is 0 Å². The Balaban J connectivity index is 2.03. The van der Waals surface area contributed by atoms with Crippen LogP contribution in [0.3, 0.4) is 0 Å². The third-order valence-corrected chi connectivity index (χ3v) is 3.57. The van der Waals surface area contributed by atoms with Crippen molar-refractivity contribution in [3.63, 3.8) is 0 Å². The van der Waals surface area contributed by atoms with Gasteiger partial charge in [-0.05, 0) is 47.9 Å². The third-order valence-electron chi connectivity index (χ3n) is 3.57. The van der Waals surface area contributed by atoms with Crippen LogP contribution in [-0.2, 0) is 4.79 Å². The predicted molar refractivity (Wildman–Crippen MR) is 83.7 cm³/mol. The van der Waals surface area contributed by atoms with E-state index in [1.54, 1.807) is 24.1 Å². The summed E-state index contributed by atoms with van der Waals surface area (Å²) in [5, 5.41) is 0. The van der Waals surface area contributed by atoms with Gasteiger partial charge in [0.1, 0.15) is 5.82 Å². The van der Waals surface area contributed by atoms with Gasteiger partial charge in [-0.2, -0.15) is 0 Å². The molecule has 1 unspecified atom stereocenters. The zero-order valence-corrected chi connectivity index (χ0v) is 12.2. The number of nitrogen functional groups attached to an aromatic ring is 1. The van der Waals surface area contributed by atoms with E-state index in [0.717, 1.165) is 5.56 Å². The van der Waals surface area contributed by atoms with Crippen molar-refractivity contribution in [2.75, 3.05) is 17.7 Å². The largest absolute Gasteiger partial charge is 0.399 e. The fourth-order valence-corrected chi connectivity index (χ4v) is 2.15. The van der Waals surface area contributed by atoms with Crippen LogP contribution in [0.2, 0.25) is 0 Å². The number of rotatable bonds is 4. The van der Waals surface area contributed by atoms with E-state index in [4.69, 9.17) is 5.73 Å². The first-order valence-corrected chi connectivity index (χ1v) is 6.85. The molecule has 2 N–H and O–H groups in total. The van der Waals surface area contributed by atoms with E-state index in [-0.39, 0.29) is 17.6 Å². The minimum Gasteiger partial charge on any atom is -0.399 e. The summed E-state index contributed by atoms with van der Waals surface area (Å²) in [6, 6.07) is 13.4. The maximum atomic E-state index is 12.9. The number of benzene rings is 2. The van der Waals surface area contributed by atoms with Gasteiger partial charge in [0.15, 0.2) is 0 Å². The minimum atomic E-state index is -0.310. The van der Waals surface area contributed by atoms with Crippen molar-refractivity contribution in [2.45, 2.75) is 19.3 Å². The summed E-state index contributed by atoms with van der Waals surface area (Å²) in [5.74, 6) is -0.221. The lowest BCUT2D eigenvalue weighted by molar-refractivity contribution is -0.118. The summed E-state index contributed by atoms with van der Waals surface area (Å²) >= 11 is 0. The number of nitrogens with two attached hydrogens (primary N) is 1. The van der Waals surface area contributed by atoms with Gasteiger partial charge in [0, 0.05) is 24.8 Å². The molecular weight excluding hydrogens is 267 g/mol. The van der Waals surface area contributed by atoms with Crippen LogP contribution in [0.25, 0.3) is 0 Å². The maximum absolute atomic E-state index is 12.9. The van der Waals surface area contributed by atoms with Gasteiger partial charge in [-0.3, -0.25) is 4.79 Å². The van der Waals surface area contributed by atoms with Gasteiger partial charge in [-0.1, -0.05) is 19.1 Å². The van der Waals surface area contributed by atoms with E-state index < -0.39 is 0 Å². The smallest absolute Gasteiger partial charge is 0.227 e. The third kappa shape index (κ3) is 3.81. The molecule has 0 fully saturated rings. The number of anilines is 2. The highest BCUT2D eigenvalue weighted by atomic mass is 19.1. The number of hydrogen-bond acceptors (Lipinski definition) is 2. The van der Waals surface area contributed by atoms with Crippen molar-refractivity contribution in [1.29, 1.82) is 0 Å². The van der Waals surface area contributed by atoms with Gasteiger partial charge in [0.2, 0.25) is 5.91 Å². The average molecular weight is 286 g/mol. The molecule has 0 heterocycles. The normalized spacial score (nSPS) is 12.0. The van der Waals surface area contributed by atoms with Gasteiger partial charge in [-0.25, -0.2) is 4.39 Å². The Morgan fingerprint density at radius 1 is 1.14 bits per heavy atom. The highest BCUT2D eigenvalue weighted by molar-refractivity contribution is 5.93. The Bertz CT molecular complexity index is 608. The second-order valence-electron chi connectivity index (χ2n) is 5.20. The molecule has 1 atom stereocenters. The van der Waals surface area contributed by atoms with Crippen LogP contribution in [0.5, 0.6) is 0 Å². The van der Waals surface area contributed by atoms with E-state index in [2.05, 4.69) is 0 Å². The molecule has 0 saturated heterocycles. The second-order valence-corrected chi connectivity index (χ2v) is 5.20. The average Bonchev–Trinajstić information content (AvgIpc) is 2.47. The molecule has 2 aromatic carbocycles. The quantitative estimate of drug-likeness (QED) is 0.873. The van der Waals surface area contributed by atoms with E-state index in [0.29, 0.717) is 17.8 Å². The molecule has 0 saturated carbocycles. The zero-order valence-electron chi connectivity index (χ0n) is 12.2. The van der Waals surface area contributed by atoms with Crippen LogP contribution >= 0.6 is 0 Å². The number of halogens is 1. The summed E-state index contributed by atoms with van der Waals surface area (Å²) in [6.07, 6.45) is 0.387. The second kappa shape index (κ2) is 6.39. The summed E-state index contributed by atoms with van der Waals surface area (Å²) in [6.45, 7) is 2.00. The molecule has 0 bridgehead atoms. The molecule has 0 aromatic heterocycles. The van der Waals surface area contributed by atoms with Crippen molar-refractivity contribution in [1.82, 2.24) is 0 Å². The highest BCUT2D eigenvalue weighted by Crippen LogP contribution is 2.22. The van der Waals surface area contributed by atoms with E-state index in [1.165, 1.54) is 12.1 Å². The Kier molecular flexibility index (Phi) is 4.58. The van der Waals surface area contributed by atoms with Gasteiger partial charge in [-0.15, -0.1) is 0 Å². The highest BCUT2D eigenvalue weighted by Gasteiger charge is 2.16.